The number of ether oxygens (including phenoxy) is 3. The lowest BCUT2D eigenvalue weighted by atomic mass is 9.85. The summed E-state index contributed by atoms with van der Waals surface area (Å²) in [6.45, 7) is 10.2. The van der Waals surface area contributed by atoms with E-state index in [4.69, 9.17) is 25.7 Å². The first-order valence-electron chi connectivity index (χ1n) is 9.96. The summed E-state index contributed by atoms with van der Waals surface area (Å²) in [5.74, 6) is -1.18. The van der Waals surface area contributed by atoms with Crippen molar-refractivity contribution in [1.29, 1.82) is 0 Å². The minimum absolute atomic E-state index is 0.498. The second-order valence-corrected chi connectivity index (χ2v) is 6.42. The lowest BCUT2D eigenvalue weighted by Gasteiger charge is -2.46. The molecule has 5 nitrogen and oxygen atoms in total. The van der Waals surface area contributed by atoms with Crippen molar-refractivity contribution in [3.8, 4) is 0 Å². The number of hydrogen-bond acceptors (Lipinski definition) is 5. The molecule has 0 aliphatic heterocycles. The van der Waals surface area contributed by atoms with Crippen LogP contribution in [-0.2, 0) is 14.2 Å². The Morgan fingerprint density at radius 3 is 1.58 bits per heavy atom. The van der Waals surface area contributed by atoms with Gasteiger partial charge in [-0.3, -0.25) is 0 Å². The van der Waals surface area contributed by atoms with Crippen LogP contribution in [0.1, 0.15) is 85.5 Å². The van der Waals surface area contributed by atoms with E-state index >= 15 is 0 Å². The van der Waals surface area contributed by atoms with Crippen molar-refractivity contribution in [2.45, 2.75) is 97.0 Å². The van der Waals surface area contributed by atoms with E-state index in [1.807, 2.05) is 20.8 Å². The molecule has 0 heterocycles. The van der Waals surface area contributed by atoms with Gasteiger partial charge in [-0.05, 0) is 46.6 Å². The van der Waals surface area contributed by atoms with Crippen molar-refractivity contribution in [3.63, 3.8) is 0 Å². The number of rotatable bonds is 17. The van der Waals surface area contributed by atoms with Gasteiger partial charge in [-0.2, -0.15) is 0 Å². The molecular formula is C19H42N2O3. The maximum atomic E-state index is 6.83. The molecule has 0 rings (SSSR count). The van der Waals surface area contributed by atoms with Gasteiger partial charge in [-0.25, -0.2) is 0 Å². The molecule has 0 saturated heterocycles. The SMILES string of the molecule is CCCCCCCCC(N)(CCCN)C(OCC)(OCC)OCC. The van der Waals surface area contributed by atoms with Gasteiger partial charge in [0.05, 0.1) is 5.54 Å². The van der Waals surface area contributed by atoms with Crippen LogP contribution in [0.2, 0.25) is 0 Å². The summed E-state index contributed by atoms with van der Waals surface area (Å²) >= 11 is 0. The van der Waals surface area contributed by atoms with Gasteiger partial charge in [-0.1, -0.05) is 45.4 Å². The molecule has 0 spiro atoms. The Hall–Kier alpha value is -0.200. The standard InChI is InChI=1S/C19H42N2O3/c1-5-9-10-11-12-13-15-18(21,16-14-17-20)19(22-6-2,23-7-3)24-8-4/h5-17,20-21H2,1-4H3. The molecule has 146 valence electrons. The third kappa shape index (κ3) is 7.79. The van der Waals surface area contributed by atoms with Crippen LogP contribution >= 0.6 is 0 Å². The lowest BCUT2D eigenvalue weighted by molar-refractivity contribution is -0.408. The Balaban J connectivity index is 5.01. The van der Waals surface area contributed by atoms with E-state index in [1.54, 1.807) is 0 Å². The molecule has 0 amide bonds. The van der Waals surface area contributed by atoms with Gasteiger partial charge in [0.25, 0.3) is 0 Å². The molecule has 0 aliphatic rings. The average molecular weight is 347 g/mol. The van der Waals surface area contributed by atoms with E-state index in [0.29, 0.717) is 26.4 Å². The monoisotopic (exact) mass is 346 g/mol. The molecule has 4 N–H and O–H groups in total. The maximum absolute atomic E-state index is 6.83. The highest BCUT2D eigenvalue weighted by atomic mass is 16.9. The second kappa shape index (κ2) is 14.0. The summed E-state index contributed by atoms with van der Waals surface area (Å²) in [5.41, 5.74) is 11.9. The van der Waals surface area contributed by atoms with Crippen molar-refractivity contribution in [1.82, 2.24) is 0 Å². The first kappa shape index (κ1) is 23.8. The Morgan fingerprint density at radius 1 is 0.667 bits per heavy atom. The molecule has 0 fully saturated rings. The zero-order chi connectivity index (χ0) is 18.3. The lowest BCUT2D eigenvalue weighted by Crippen LogP contribution is -2.65. The summed E-state index contributed by atoms with van der Waals surface area (Å²) in [6, 6.07) is 0. The van der Waals surface area contributed by atoms with Crippen molar-refractivity contribution in [2.24, 2.45) is 11.5 Å². The van der Waals surface area contributed by atoms with Crippen LogP contribution in [-0.4, -0.2) is 37.9 Å². The molecular weight excluding hydrogens is 304 g/mol. The zero-order valence-corrected chi connectivity index (χ0v) is 16.6. The number of hydrogen-bond donors (Lipinski definition) is 2. The molecule has 1 atom stereocenters. The van der Waals surface area contributed by atoms with Crippen molar-refractivity contribution < 1.29 is 14.2 Å². The summed E-state index contributed by atoms with van der Waals surface area (Å²) in [7, 11) is 0. The molecule has 0 saturated carbocycles. The third-order valence-electron chi connectivity index (χ3n) is 4.42. The zero-order valence-electron chi connectivity index (χ0n) is 16.6. The molecule has 0 radical (unpaired) electrons. The molecule has 0 aliphatic carbocycles. The molecule has 0 aromatic heterocycles. The Kier molecular flexibility index (Phi) is 13.9. The topological polar surface area (TPSA) is 79.7 Å². The van der Waals surface area contributed by atoms with Gasteiger partial charge in [0.2, 0.25) is 0 Å². The minimum Gasteiger partial charge on any atom is -0.330 e. The first-order chi connectivity index (χ1) is 11.6. The van der Waals surface area contributed by atoms with Crippen molar-refractivity contribution in [2.75, 3.05) is 26.4 Å². The van der Waals surface area contributed by atoms with E-state index in [1.165, 1.54) is 32.1 Å². The van der Waals surface area contributed by atoms with E-state index in [-0.39, 0.29) is 0 Å². The van der Waals surface area contributed by atoms with Gasteiger partial charge in [-0.15, -0.1) is 0 Å². The average Bonchev–Trinajstić information content (AvgIpc) is 2.56. The van der Waals surface area contributed by atoms with Crippen LogP contribution in [0.3, 0.4) is 0 Å². The van der Waals surface area contributed by atoms with Crippen LogP contribution in [0.4, 0.5) is 0 Å². The maximum Gasteiger partial charge on any atom is 0.302 e. The predicted molar refractivity (Wildman–Crippen MR) is 101 cm³/mol. The summed E-state index contributed by atoms with van der Waals surface area (Å²) in [6.07, 6.45) is 9.75. The van der Waals surface area contributed by atoms with Gasteiger partial charge in [0, 0.05) is 19.8 Å². The quantitative estimate of drug-likeness (QED) is 0.308. The Morgan fingerprint density at radius 2 is 1.12 bits per heavy atom. The molecule has 5 heteroatoms. The van der Waals surface area contributed by atoms with E-state index in [2.05, 4.69) is 6.92 Å². The van der Waals surface area contributed by atoms with Crippen LogP contribution in [0.5, 0.6) is 0 Å². The first-order valence-corrected chi connectivity index (χ1v) is 9.96. The smallest absolute Gasteiger partial charge is 0.302 e. The fourth-order valence-electron chi connectivity index (χ4n) is 3.20. The minimum atomic E-state index is -1.18. The van der Waals surface area contributed by atoms with Gasteiger partial charge in [0.1, 0.15) is 0 Å². The fraction of sp³-hybridized carbons (Fsp3) is 1.00. The number of unbranched alkanes of at least 4 members (excludes halogenated alkanes) is 5. The van der Waals surface area contributed by atoms with Gasteiger partial charge in [0.15, 0.2) is 0 Å². The van der Waals surface area contributed by atoms with Crippen molar-refractivity contribution >= 4 is 0 Å². The predicted octanol–water partition coefficient (Wildman–Crippen LogP) is 3.94. The second-order valence-electron chi connectivity index (χ2n) is 6.42. The molecule has 0 bridgehead atoms. The summed E-state index contributed by atoms with van der Waals surface area (Å²) in [5, 5.41) is 0. The highest BCUT2D eigenvalue weighted by Crippen LogP contribution is 2.36. The largest absolute Gasteiger partial charge is 0.330 e. The summed E-state index contributed by atoms with van der Waals surface area (Å²) in [4.78, 5) is 0. The normalized spacial score (nSPS) is 14.8. The van der Waals surface area contributed by atoms with Crippen LogP contribution in [0.15, 0.2) is 0 Å². The van der Waals surface area contributed by atoms with Crippen LogP contribution < -0.4 is 11.5 Å². The molecule has 0 aromatic rings. The number of nitrogens with two attached hydrogens (primary N) is 2. The fourth-order valence-corrected chi connectivity index (χ4v) is 3.20. The van der Waals surface area contributed by atoms with E-state index in [0.717, 1.165) is 25.7 Å². The van der Waals surface area contributed by atoms with E-state index in [9.17, 15) is 0 Å². The van der Waals surface area contributed by atoms with Crippen molar-refractivity contribution in [3.05, 3.63) is 0 Å². The third-order valence-corrected chi connectivity index (χ3v) is 4.42. The highest BCUT2D eigenvalue weighted by Gasteiger charge is 2.51. The Labute approximate surface area is 149 Å². The Bertz CT molecular complexity index is 273. The molecule has 1 unspecified atom stereocenters. The van der Waals surface area contributed by atoms with E-state index < -0.39 is 11.5 Å². The van der Waals surface area contributed by atoms with Crippen LogP contribution in [0, 0.1) is 0 Å². The van der Waals surface area contributed by atoms with Crippen LogP contribution in [0.25, 0.3) is 0 Å². The summed E-state index contributed by atoms with van der Waals surface area (Å²) < 4.78 is 17.9. The molecule has 24 heavy (non-hydrogen) atoms. The van der Waals surface area contributed by atoms with Gasteiger partial charge < -0.3 is 25.7 Å². The highest BCUT2D eigenvalue weighted by molar-refractivity contribution is 4.94. The van der Waals surface area contributed by atoms with Gasteiger partial charge >= 0.3 is 5.97 Å². The molecule has 0 aromatic carbocycles.